The van der Waals surface area contributed by atoms with E-state index in [9.17, 15) is 0 Å². The summed E-state index contributed by atoms with van der Waals surface area (Å²) in [5.41, 5.74) is 1.40. The zero-order chi connectivity index (χ0) is 14.3. The summed E-state index contributed by atoms with van der Waals surface area (Å²) in [6, 6.07) is 9.39. The number of hydrogen-bond acceptors (Lipinski definition) is 2. The van der Waals surface area contributed by atoms with Gasteiger partial charge < -0.3 is 10.1 Å². The molecule has 2 aliphatic rings. The third kappa shape index (κ3) is 4.47. The second-order valence-corrected chi connectivity index (χ2v) is 6.67. The van der Waals surface area contributed by atoms with E-state index in [0.29, 0.717) is 12.1 Å². The fourth-order valence-corrected chi connectivity index (χ4v) is 3.69. The van der Waals surface area contributed by atoms with E-state index in [4.69, 9.17) is 4.74 Å². The summed E-state index contributed by atoms with van der Waals surface area (Å²) in [5, 5.41) is 3.65. The minimum atomic E-state index is 0.452. The molecular formula is C19H29NO. The maximum Gasteiger partial charge on any atom is 0.122 e. The summed E-state index contributed by atoms with van der Waals surface area (Å²) in [7, 11) is 0. The lowest BCUT2D eigenvalue weighted by Gasteiger charge is -2.26. The first-order valence-electron chi connectivity index (χ1n) is 8.90. The highest BCUT2D eigenvalue weighted by Crippen LogP contribution is 2.27. The third-order valence-corrected chi connectivity index (χ3v) is 4.99. The van der Waals surface area contributed by atoms with Gasteiger partial charge in [0.2, 0.25) is 0 Å². The van der Waals surface area contributed by atoms with E-state index in [1.54, 1.807) is 0 Å². The maximum absolute atomic E-state index is 6.31. The molecule has 0 radical (unpaired) electrons. The predicted molar refractivity (Wildman–Crippen MR) is 87.9 cm³/mol. The molecular weight excluding hydrogens is 258 g/mol. The second-order valence-electron chi connectivity index (χ2n) is 6.67. The number of para-hydroxylation sites is 1. The van der Waals surface area contributed by atoms with Crippen LogP contribution in [0.15, 0.2) is 24.3 Å². The van der Waals surface area contributed by atoms with Gasteiger partial charge >= 0.3 is 0 Å². The highest BCUT2D eigenvalue weighted by molar-refractivity contribution is 5.33. The Morgan fingerprint density at radius 1 is 0.952 bits per heavy atom. The Bertz CT molecular complexity index is 419. The molecule has 2 nitrogen and oxygen atoms in total. The Kier molecular flexibility index (Phi) is 5.56. The van der Waals surface area contributed by atoms with Gasteiger partial charge in [0, 0.05) is 6.04 Å². The van der Waals surface area contributed by atoms with E-state index >= 15 is 0 Å². The number of hydrogen-bond donors (Lipinski definition) is 1. The largest absolute Gasteiger partial charge is 0.490 e. The van der Waals surface area contributed by atoms with Crippen LogP contribution in [-0.4, -0.2) is 18.7 Å². The Hall–Kier alpha value is -1.02. The van der Waals surface area contributed by atoms with Crippen LogP contribution < -0.4 is 10.1 Å². The van der Waals surface area contributed by atoms with Gasteiger partial charge in [0.05, 0.1) is 6.10 Å². The van der Waals surface area contributed by atoms with Gasteiger partial charge in [-0.15, -0.1) is 0 Å². The lowest BCUT2D eigenvalue weighted by molar-refractivity contribution is 0.153. The van der Waals surface area contributed by atoms with Gasteiger partial charge in [-0.05, 0) is 69.5 Å². The number of piperidine rings is 1. The molecule has 1 saturated heterocycles. The molecule has 0 amide bonds. The minimum absolute atomic E-state index is 0.452. The molecule has 1 N–H and O–H groups in total. The van der Waals surface area contributed by atoms with Gasteiger partial charge in [0.15, 0.2) is 0 Å². The SMILES string of the molecule is c1ccc(OC2CCCCC2)c(CCC2CCCCN2)c1. The van der Waals surface area contributed by atoms with Gasteiger partial charge in [-0.25, -0.2) is 0 Å². The van der Waals surface area contributed by atoms with Crippen LogP contribution in [0, 0.1) is 0 Å². The van der Waals surface area contributed by atoms with Gasteiger partial charge in [0.25, 0.3) is 0 Å². The normalized spacial score (nSPS) is 23.9. The molecule has 0 bridgehead atoms. The third-order valence-electron chi connectivity index (χ3n) is 4.99. The van der Waals surface area contributed by atoms with Crippen molar-refractivity contribution in [2.45, 2.75) is 76.4 Å². The minimum Gasteiger partial charge on any atom is -0.490 e. The first-order chi connectivity index (χ1) is 10.4. The van der Waals surface area contributed by atoms with Crippen molar-refractivity contribution in [1.82, 2.24) is 5.32 Å². The molecule has 0 spiro atoms. The van der Waals surface area contributed by atoms with Crippen molar-refractivity contribution in [3.8, 4) is 5.75 Å². The number of benzene rings is 1. The summed E-state index contributed by atoms with van der Waals surface area (Å²) in [5.74, 6) is 1.14. The molecule has 2 fully saturated rings. The molecule has 1 aliphatic heterocycles. The smallest absolute Gasteiger partial charge is 0.122 e. The molecule has 3 rings (SSSR count). The summed E-state index contributed by atoms with van der Waals surface area (Å²) in [4.78, 5) is 0. The van der Waals surface area contributed by atoms with Gasteiger partial charge in [-0.1, -0.05) is 31.0 Å². The fourth-order valence-electron chi connectivity index (χ4n) is 3.69. The Balaban J connectivity index is 1.56. The molecule has 116 valence electrons. The standard InChI is InChI=1S/C19H29NO/c1-2-10-18(11-3-1)21-19-12-5-4-8-16(19)13-14-17-9-6-7-15-20-17/h4-5,8,12,17-18,20H,1-3,6-7,9-11,13-15H2. The lowest BCUT2D eigenvalue weighted by atomic mass is 9.96. The van der Waals surface area contributed by atoms with Crippen LogP contribution in [0.25, 0.3) is 0 Å². The summed E-state index contributed by atoms with van der Waals surface area (Å²) >= 11 is 0. The highest BCUT2D eigenvalue weighted by Gasteiger charge is 2.17. The van der Waals surface area contributed by atoms with Crippen molar-refractivity contribution in [3.05, 3.63) is 29.8 Å². The zero-order valence-corrected chi connectivity index (χ0v) is 13.2. The summed E-state index contributed by atoms with van der Waals surface area (Å²) in [6.07, 6.45) is 13.4. The second kappa shape index (κ2) is 7.84. The van der Waals surface area contributed by atoms with Crippen molar-refractivity contribution >= 4 is 0 Å². The first-order valence-corrected chi connectivity index (χ1v) is 8.90. The van der Waals surface area contributed by atoms with E-state index in [1.165, 1.54) is 69.9 Å². The molecule has 1 unspecified atom stereocenters. The maximum atomic E-state index is 6.31. The monoisotopic (exact) mass is 287 g/mol. The Labute approximate surface area is 129 Å². The molecule has 21 heavy (non-hydrogen) atoms. The van der Waals surface area contributed by atoms with E-state index in [-0.39, 0.29) is 0 Å². The van der Waals surface area contributed by atoms with Crippen molar-refractivity contribution in [2.75, 3.05) is 6.54 Å². The van der Waals surface area contributed by atoms with Crippen molar-refractivity contribution < 1.29 is 4.74 Å². The van der Waals surface area contributed by atoms with E-state index in [2.05, 4.69) is 29.6 Å². The van der Waals surface area contributed by atoms with Crippen LogP contribution in [0.5, 0.6) is 5.75 Å². The van der Waals surface area contributed by atoms with Gasteiger partial charge in [0.1, 0.15) is 5.75 Å². The lowest BCUT2D eigenvalue weighted by Crippen LogP contribution is -2.34. The average Bonchev–Trinajstić information content (AvgIpc) is 2.56. The zero-order valence-electron chi connectivity index (χ0n) is 13.2. The van der Waals surface area contributed by atoms with Crippen LogP contribution in [0.3, 0.4) is 0 Å². The topological polar surface area (TPSA) is 21.3 Å². The predicted octanol–water partition coefficient (Wildman–Crippen LogP) is 4.47. The van der Waals surface area contributed by atoms with Crippen LogP contribution in [-0.2, 0) is 6.42 Å². The molecule has 1 aliphatic carbocycles. The molecule has 2 heteroatoms. The van der Waals surface area contributed by atoms with Crippen molar-refractivity contribution in [3.63, 3.8) is 0 Å². The number of nitrogens with one attached hydrogen (secondary N) is 1. The molecule has 1 heterocycles. The van der Waals surface area contributed by atoms with E-state index in [1.807, 2.05) is 0 Å². The van der Waals surface area contributed by atoms with Crippen LogP contribution in [0.1, 0.15) is 63.4 Å². The molecule has 0 aromatic heterocycles. The highest BCUT2D eigenvalue weighted by atomic mass is 16.5. The summed E-state index contributed by atoms with van der Waals surface area (Å²) in [6.45, 7) is 1.20. The number of rotatable bonds is 5. The quantitative estimate of drug-likeness (QED) is 0.862. The van der Waals surface area contributed by atoms with Gasteiger partial charge in [-0.2, -0.15) is 0 Å². The van der Waals surface area contributed by atoms with Crippen molar-refractivity contribution in [1.29, 1.82) is 0 Å². The fraction of sp³-hybridized carbons (Fsp3) is 0.684. The van der Waals surface area contributed by atoms with Crippen LogP contribution in [0.4, 0.5) is 0 Å². The average molecular weight is 287 g/mol. The molecule has 1 saturated carbocycles. The van der Waals surface area contributed by atoms with E-state index in [0.717, 1.165) is 12.2 Å². The Morgan fingerprint density at radius 2 is 1.76 bits per heavy atom. The summed E-state index contributed by atoms with van der Waals surface area (Å²) < 4.78 is 6.31. The number of ether oxygens (including phenoxy) is 1. The van der Waals surface area contributed by atoms with E-state index < -0.39 is 0 Å². The first kappa shape index (κ1) is 14.9. The molecule has 1 aromatic rings. The molecule has 1 atom stereocenters. The van der Waals surface area contributed by atoms with Gasteiger partial charge in [-0.3, -0.25) is 0 Å². The van der Waals surface area contributed by atoms with Crippen molar-refractivity contribution in [2.24, 2.45) is 0 Å². The van der Waals surface area contributed by atoms with Crippen LogP contribution in [0.2, 0.25) is 0 Å². The Morgan fingerprint density at radius 3 is 2.57 bits per heavy atom. The van der Waals surface area contributed by atoms with Crippen LogP contribution >= 0.6 is 0 Å². The number of aryl methyl sites for hydroxylation is 1. The molecule has 1 aromatic carbocycles.